The van der Waals surface area contributed by atoms with Crippen molar-refractivity contribution in [2.24, 2.45) is 16.1 Å². The van der Waals surface area contributed by atoms with Crippen molar-refractivity contribution in [3.63, 3.8) is 0 Å². The van der Waals surface area contributed by atoms with E-state index in [9.17, 15) is 4.79 Å². The molecule has 0 bridgehead atoms. The predicted molar refractivity (Wildman–Crippen MR) is 48.2 cm³/mol. The van der Waals surface area contributed by atoms with E-state index in [0.717, 1.165) is 5.70 Å². The highest BCUT2D eigenvalue weighted by Gasteiger charge is 2.22. The average molecular weight is 182 g/mol. The smallest absolute Gasteiger partial charge is 0.336 e. The van der Waals surface area contributed by atoms with E-state index in [0.29, 0.717) is 12.5 Å². The molecule has 1 heterocycles. The highest BCUT2D eigenvalue weighted by atomic mass is 16.5. The second-order valence-electron chi connectivity index (χ2n) is 3.16. The molecule has 1 aliphatic rings. The SMILES string of the molecule is CCOC(=O)[C@H]1C=C(C(C)C)N=N1. The molecule has 0 N–H and O–H groups in total. The van der Waals surface area contributed by atoms with Crippen molar-refractivity contribution in [2.45, 2.75) is 26.8 Å². The van der Waals surface area contributed by atoms with Crippen LogP contribution in [0.15, 0.2) is 22.0 Å². The zero-order valence-corrected chi connectivity index (χ0v) is 8.15. The number of rotatable bonds is 3. The fourth-order valence-corrected chi connectivity index (χ4v) is 1.01. The van der Waals surface area contributed by atoms with Crippen molar-refractivity contribution < 1.29 is 9.53 Å². The third-order valence-corrected chi connectivity index (χ3v) is 1.75. The molecule has 4 nitrogen and oxygen atoms in total. The van der Waals surface area contributed by atoms with Gasteiger partial charge in [-0.3, -0.25) is 0 Å². The Morgan fingerprint density at radius 2 is 2.38 bits per heavy atom. The summed E-state index contributed by atoms with van der Waals surface area (Å²) in [5.41, 5.74) is 0.859. The fraction of sp³-hybridized carbons (Fsp3) is 0.667. The first kappa shape index (κ1) is 9.89. The van der Waals surface area contributed by atoms with Crippen LogP contribution in [-0.4, -0.2) is 18.6 Å². The van der Waals surface area contributed by atoms with Crippen LogP contribution >= 0.6 is 0 Å². The van der Waals surface area contributed by atoms with Gasteiger partial charge in [0.15, 0.2) is 6.04 Å². The van der Waals surface area contributed by atoms with Crippen LogP contribution in [0, 0.1) is 5.92 Å². The number of hydrogen-bond acceptors (Lipinski definition) is 4. The lowest BCUT2D eigenvalue weighted by molar-refractivity contribution is -0.143. The second kappa shape index (κ2) is 4.16. The number of carbonyl (C=O) groups is 1. The maximum absolute atomic E-state index is 11.2. The molecule has 1 rings (SSSR count). The van der Waals surface area contributed by atoms with Crippen LogP contribution < -0.4 is 0 Å². The number of hydrogen-bond donors (Lipinski definition) is 0. The number of ether oxygens (including phenoxy) is 1. The van der Waals surface area contributed by atoms with E-state index in [1.807, 2.05) is 13.8 Å². The Balaban J connectivity index is 2.58. The molecule has 0 radical (unpaired) electrons. The molecular weight excluding hydrogens is 168 g/mol. The quantitative estimate of drug-likeness (QED) is 0.626. The van der Waals surface area contributed by atoms with Crippen LogP contribution in [-0.2, 0) is 9.53 Å². The van der Waals surface area contributed by atoms with Gasteiger partial charge in [0, 0.05) is 0 Å². The van der Waals surface area contributed by atoms with Gasteiger partial charge >= 0.3 is 5.97 Å². The van der Waals surface area contributed by atoms with E-state index >= 15 is 0 Å². The molecule has 0 spiro atoms. The largest absolute Gasteiger partial charge is 0.464 e. The van der Waals surface area contributed by atoms with E-state index in [1.165, 1.54) is 0 Å². The topological polar surface area (TPSA) is 51.0 Å². The van der Waals surface area contributed by atoms with Gasteiger partial charge in [-0.1, -0.05) is 13.8 Å². The summed E-state index contributed by atoms with van der Waals surface area (Å²) >= 11 is 0. The highest BCUT2D eigenvalue weighted by molar-refractivity contribution is 5.78. The Hall–Kier alpha value is -1.19. The van der Waals surface area contributed by atoms with E-state index in [4.69, 9.17) is 4.74 Å². The lowest BCUT2D eigenvalue weighted by Gasteiger charge is -2.02. The van der Waals surface area contributed by atoms with Crippen LogP contribution in [0.2, 0.25) is 0 Å². The molecule has 72 valence electrons. The summed E-state index contributed by atoms with van der Waals surface area (Å²) in [5.74, 6) is -0.00919. The highest BCUT2D eigenvalue weighted by Crippen LogP contribution is 2.20. The lowest BCUT2D eigenvalue weighted by Crippen LogP contribution is -2.17. The molecular formula is C9H14N2O2. The van der Waals surface area contributed by atoms with Gasteiger partial charge in [-0.25, -0.2) is 4.79 Å². The van der Waals surface area contributed by atoms with Gasteiger partial charge in [-0.15, -0.1) is 0 Å². The van der Waals surface area contributed by atoms with Crippen LogP contribution in [0.3, 0.4) is 0 Å². The van der Waals surface area contributed by atoms with Crippen LogP contribution in [0.1, 0.15) is 20.8 Å². The van der Waals surface area contributed by atoms with Crippen molar-refractivity contribution in [2.75, 3.05) is 6.61 Å². The summed E-state index contributed by atoms with van der Waals surface area (Å²) in [7, 11) is 0. The van der Waals surface area contributed by atoms with Crippen molar-refractivity contribution in [1.29, 1.82) is 0 Å². The number of azo groups is 1. The molecule has 4 heteroatoms. The lowest BCUT2D eigenvalue weighted by atomic mass is 10.1. The summed E-state index contributed by atoms with van der Waals surface area (Å²) in [5, 5.41) is 7.72. The standard InChI is InChI=1S/C9H14N2O2/c1-4-13-9(12)8-5-7(6(2)3)10-11-8/h5-6,8H,4H2,1-3H3/t8-/m1/s1. The maximum atomic E-state index is 11.2. The molecule has 1 aliphatic heterocycles. The van der Waals surface area contributed by atoms with E-state index < -0.39 is 6.04 Å². The zero-order valence-electron chi connectivity index (χ0n) is 8.15. The van der Waals surface area contributed by atoms with Crippen molar-refractivity contribution in [1.82, 2.24) is 0 Å². The Morgan fingerprint density at radius 1 is 1.69 bits per heavy atom. The van der Waals surface area contributed by atoms with Crippen molar-refractivity contribution in [3.05, 3.63) is 11.8 Å². The van der Waals surface area contributed by atoms with Crippen molar-refractivity contribution >= 4 is 5.97 Å². The minimum Gasteiger partial charge on any atom is -0.464 e. The Morgan fingerprint density at radius 3 is 2.85 bits per heavy atom. The molecule has 0 saturated carbocycles. The molecule has 0 amide bonds. The Labute approximate surface area is 77.7 Å². The molecule has 13 heavy (non-hydrogen) atoms. The van der Waals surface area contributed by atoms with Crippen molar-refractivity contribution in [3.8, 4) is 0 Å². The van der Waals surface area contributed by atoms with Gasteiger partial charge in [-0.05, 0) is 18.9 Å². The summed E-state index contributed by atoms with van der Waals surface area (Å²) in [4.78, 5) is 11.2. The molecule has 0 aromatic heterocycles. The second-order valence-corrected chi connectivity index (χ2v) is 3.16. The molecule has 0 aromatic rings. The third-order valence-electron chi connectivity index (χ3n) is 1.75. The maximum Gasteiger partial charge on any atom is 0.336 e. The molecule has 0 aromatic carbocycles. The van der Waals surface area contributed by atoms with E-state index in [1.54, 1.807) is 13.0 Å². The number of allylic oxidation sites excluding steroid dienone is 1. The number of esters is 1. The Kier molecular flexibility index (Phi) is 3.17. The first-order valence-electron chi connectivity index (χ1n) is 4.44. The molecule has 1 atom stereocenters. The predicted octanol–water partition coefficient (Wildman–Crippen LogP) is 1.92. The van der Waals surface area contributed by atoms with Gasteiger partial charge in [0.05, 0.1) is 12.3 Å². The van der Waals surface area contributed by atoms with Crippen LogP contribution in [0.25, 0.3) is 0 Å². The van der Waals surface area contributed by atoms with E-state index in [-0.39, 0.29) is 5.97 Å². The monoisotopic (exact) mass is 182 g/mol. The van der Waals surface area contributed by atoms with Gasteiger partial charge in [-0.2, -0.15) is 10.2 Å². The molecule has 0 saturated heterocycles. The third kappa shape index (κ3) is 2.37. The summed E-state index contributed by atoms with van der Waals surface area (Å²) in [6.45, 7) is 6.18. The minimum atomic E-state index is -0.516. The van der Waals surface area contributed by atoms with Crippen LogP contribution in [0.4, 0.5) is 0 Å². The summed E-state index contributed by atoms with van der Waals surface area (Å²) in [6, 6.07) is -0.516. The van der Waals surface area contributed by atoms with Gasteiger partial charge in [0.1, 0.15) is 0 Å². The molecule has 0 aliphatic carbocycles. The minimum absolute atomic E-state index is 0.308. The Bertz CT molecular complexity index is 256. The first-order chi connectivity index (χ1) is 6.15. The normalized spacial score (nSPS) is 20.6. The van der Waals surface area contributed by atoms with Crippen LogP contribution in [0.5, 0.6) is 0 Å². The first-order valence-corrected chi connectivity index (χ1v) is 4.44. The average Bonchev–Trinajstić information content (AvgIpc) is 2.52. The van der Waals surface area contributed by atoms with Gasteiger partial charge < -0.3 is 4.74 Å². The number of carbonyl (C=O) groups excluding carboxylic acids is 1. The van der Waals surface area contributed by atoms with Gasteiger partial charge in [0.2, 0.25) is 0 Å². The summed E-state index contributed by atoms with van der Waals surface area (Å²) < 4.78 is 4.82. The molecule has 0 unspecified atom stereocenters. The fourth-order valence-electron chi connectivity index (χ4n) is 1.01. The summed E-state index contributed by atoms with van der Waals surface area (Å²) in [6.07, 6.45) is 1.75. The molecule has 0 fully saturated rings. The number of nitrogens with zero attached hydrogens (tertiary/aromatic N) is 2. The zero-order chi connectivity index (χ0) is 9.84. The van der Waals surface area contributed by atoms with E-state index in [2.05, 4.69) is 10.2 Å². The van der Waals surface area contributed by atoms with Gasteiger partial charge in [0.25, 0.3) is 0 Å².